The Labute approximate surface area is 209 Å². The van der Waals surface area contributed by atoms with Crippen LogP contribution in [0, 0.1) is 0 Å². The Morgan fingerprint density at radius 3 is 1.12 bits per heavy atom. The lowest BCUT2D eigenvalue weighted by atomic mass is 10.0. The van der Waals surface area contributed by atoms with E-state index in [4.69, 9.17) is 9.47 Å². The van der Waals surface area contributed by atoms with Crippen LogP contribution < -0.4 is 0 Å². The van der Waals surface area contributed by atoms with Crippen molar-refractivity contribution >= 4 is 11.9 Å². The van der Waals surface area contributed by atoms with Crippen LogP contribution >= 0.6 is 0 Å². The van der Waals surface area contributed by atoms with Crippen LogP contribution in [0.3, 0.4) is 0 Å². The Morgan fingerprint density at radius 1 is 0.559 bits per heavy atom. The summed E-state index contributed by atoms with van der Waals surface area (Å²) in [5, 5.41) is 0. The topological polar surface area (TPSA) is 52.6 Å². The molecule has 0 aromatic heterocycles. The highest BCUT2D eigenvalue weighted by Gasteiger charge is 2.24. The summed E-state index contributed by atoms with van der Waals surface area (Å²) in [4.78, 5) is 26.2. The minimum Gasteiger partial charge on any atom is -0.459 e. The van der Waals surface area contributed by atoms with Gasteiger partial charge in [-0.15, -0.1) is 0 Å². The first-order chi connectivity index (χ1) is 16.6. The van der Waals surface area contributed by atoms with Gasteiger partial charge in [-0.3, -0.25) is 0 Å². The van der Waals surface area contributed by atoms with E-state index in [1.54, 1.807) is 24.3 Å². The molecule has 194 valence electrons. The first-order valence-corrected chi connectivity index (χ1v) is 14.1. The van der Waals surface area contributed by atoms with Gasteiger partial charge in [0.05, 0.1) is 11.1 Å². The average molecular weight is 475 g/mol. The van der Waals surface area contributed by atoms with Crippen LogP contribution in [0.2, 0.25) is 0 Å². The highest BCUT2D eigenvalue weighted by atomic mass is 16.5. The molecule has 0 aliphatic heterocycles. The molecule has 1 rings (SSSR count). The van der Waals surface area contributed by atoms with E-state index in [2.05, 4.69) is 27.7 Å². The highest BCUT2D eigenvalue weighted by Crippen LogP contribution is 2.21. The molecule has 4 nitrogen and oxygen atoms in total. The smallest absolute Gasteiger partial charge is 0.339 e. The van der Waals surface area contributed by atoms with Gasteiger partial charge in [-0.2, -0.15) is 0 Å². The van der Waals surface area contributed by atoms with Crippen LogP contribution in [0.25, 0.3) is 0 Å². The van der Waals surface area contributed by atoms with Gasteiger partial charge in [-0.1, -0.05) is 91.2 Å². The molecule has 4 heteroatoms. The van der Waals surface area contributed by atoms with E-state index in [0.29, 0.717) is 11.1 Å². The van der Waals surface area contributed by atoms with E-state index in [1.807, 2.05) is 0 Å². The number of carbonyl (C=O) groups excluding carboxylic acids is 2. The Kier molecular flexibility index (Phi) is 17.3. The monoisotopic (exact) mass is 474 g/mol. The molecule has 1 aromatic rings. The van der Waals surface area contributed by atoms with Crippen molar-refractivity contribution in [2.45, 2.75) is 143 Å². The van der Waals surface area contributed by atoms with Crippen LogP contribution in [0.1, 0.15) is 151 Å². The van der Waals surface area contributed by atoms with Gasteiger partial charge >= 0.3 is 11.9 Å². The number of unbranched alkanes of at least 4 members (excludes halogenated alkanes) is 8. The molecule has 0 heterocycles. The maximum Gasteiger partial charge on any atom is 0.339 e. The molecule has 0 aliphatic carbocycles. The predicted molar refractivity (Wildman–Crippen MR) is 141 cm³/mol. The van der Waals surface area contributed by atoms with E-state index in [0.717, 1.165) is 103 Å². The minimum atomic E-state index is -0.404. The van der Waals surface area contributed by atoms with Crippen LogP contribution in [0.15, 0.2) is 24.3 Å². The van der Waals surface area contributed by atoms with E-state index in [1.165, 1.54) is 0 Å². The van der Waals surface area contributed by atoms with Crippen LogP contribution in [0.4, 0.5) is 0 Å². The van der Waals surface area contributed by atoms with Crippen LogP contribution in [-0.2, 0) is 9.47 Å². The lowest BCUT2D eigenvalue weighted by Crippen LogP contribution is -2.23. The molecule has 0 bridgehead atoms. The molecular formula is C30H50O4. The second-order valence-corrected chi connectivity index (χ2v) is 9.58. The van der Waals surface area contributed by atoms with Gasteiger partial charge in [0, 0.05) is 0 Å². The first-order valence-electron chi connectivity index (χ1n) is 14.1. The third kappa shape index (κ3) is 12.6. The molecule has 1 aromatic carbocycles. The predicted octanol–water partition coefficient (Wildman–Crippen LogP) is 9.06. The summed E-state index contributed by atoms with van der Waals surface area (Å²) in [7, 11) is 0. The lowest BCUT2D eigenvalue weighted by Gasteiger charge is -2.20. The molecular weight excluding hydrogens is 424 g/mol. The quantitative estimate of drug-likeness (QED) is 0.140. The maximum absolute atomic E-state index is 13.1. The number of hydrogen-bond acceptors (Lipinski definition) is 4. The van der Waals surface area contributed by atoms with Crippen LogP contribution in [-0.4, -0.2) is 24.1 Å². The number of esters is 2. The molecule has 0 amide bonds. The molecule has 0 radical (unpaired) electrons. The zero-order chi connectivity index (χ0) is 25.0. The van der Waals surface area contributed by atoms with E-state index in [9.17, 15) is 9.59 Å². The third-order valence-corrected chi connectivity index (χ3v) is 6.43. The summed E-state index contributed by atoms with van der Waals surface area (Å²) in [5.41, 5.74) is 0.647. The number of ether oxygens (including phenoxy) is 2. The molecule has 0 atom stereocenters. The van der Waals surface area contributed by atoms with Gasteiger partial charge in [0.1, 0.15) is 12.2 Å². The van der Waals surface area contributed by atoms with Gasteiger partial charge in [0.25, 0.3) is 0 Å². The fourth-order valence-electron chi connectivity index (χ4n) is 4.28. The van der Waals surface area contributed by atoms with Gasteiger partial charge in [0.15, 0.2) is 0 Å². The highest BCUT2D eigenvalue weighted by molar-refractivity contribution is 6.03. The van der Waals surface area contributed by atoms with Crippen molar-refractivity contribution in [2.24, 2.45) is 0 Å². The molecule has 0 saturated heterocycles. The van der Waals surface area contributed by atoms with Crippen molar-refractivity contribution in [1.29, 1.82) is 0 Å². The van der Waals surface area contributed by atoms with E-state index in [-0.39, 0.29) is 12.2 Å². The van der Waals surface area contributed by atoms with Crippen molar-refractivity contribution in [3.05, 3.63) is 35.4 Å². The summed E-state index contributed by atoms with van der Waals surface area (Å²) < 4.78 is 11.9. The van der Waals surface area contributed by atoms with Gasteiger partial charge in [-0.05, 0) is 63.5 Å². The maximum atomic E-state index is 13.1. The Morgan fingerprint density at radius 2 is 0.853 bits per heavy atom. The van der Waals surface area contributed by atoms with Crippen molar-refractivity contribution in [2.75, 3.05) is 0 Å². The Bertz CT molecular complexity index is 593. The van der Waals surface area contributed by atoms with Gasteiger partial charge in [0.2, 0.25) is 0 Å². The summed E-state index contributed by atoms with van der Waals surface area (Å²) >= 11 is 0. The molecule has 34 heavy (non-hydrogen) atoms. The van der Waals surface area contributed by atoms with E-state index < -0.39 is 11.9 Å². The average Bonchev–Trinajstić information content (AvgIpc) is 2.84. The van der Waals surface area contributed by atoms with Crippen molar-refractivity contribution in [3.63, 3.8) is 0 Å². The van der Waals surface area contributed by atoms with Gasteiger partial charge < -0.3 is 9.47 Å². The zero-order valence-corrected chi connectivity index (χ0v) is 22.4. The largest absolute Gasteiger partial charge is 0.459 e. The first kappa shape index (κ1) is 30.2. The molecule has 0 N–H and O–H groups in total. The fraction of sp³-hybridized carbons (Fsp3) is 0.733. The van der Waals surface area contributed by atoms with Gasteiger partial charge in [-0.25, -0.2) is 9.59 Å². The minimum absolute atomic E-state index is 0.0921. The van der Waals surface area contributed by atoms with Crippen molar-refractivity contribution in [1.82, 2.24) is 0 Å². The SMILES string of the molecule is CCCCCC(CCCCC)OC(=O)c1ccccc1C(=O)OC(CCCCC)CCCCC. The second-order valence-electron chi connectivity index (χ2n) is 9.58. The second kappa shape index (κ2) is 19.5. The summed E-state index contributed by atoms with van der Waals surface area (Å²) in [5.74, 6) is -0.807. The molecule has 0 unspecified atom stereocenters. The normalized spacial score (nSPS) is 11.2. The molecule has 0 spiro atoms. The number of carbonyl (C=O) groups is 2. The number of rotatable bonds is 20. The molecule has 0 saturated carbocycles. The lowest BCUT2D eigenvalue weighted by molar-refractivity contribution is 0.0201. The molecule has 0 aliphatic rings. The standard InChI is InChI=1S/C30H50O4/c1-5-9-13-19-25(20-14-10-6-2)33-29(31)27-23-17-18-24-28(27)30(32)34-26(21-15-11-7-3)22-16-12-8-4/h17-18,23-26H,5-16,19-22H2,1-4H3. The number of hydrogen-bond donors (Lipinski definition) is 0. The summed E-state index contributed by atoms with van der Waals surface area (Å²) in [6.45, 7) is 8.71. The third-order valence-electron chi connectivity index (χ3n) is 6.43. The Hall–Kier alpha value is -1.84. The summed E-state index contributed by atoms with van der Waals surface area (Å²) in [6.07, 6.45) is 16.7. The molecule has 0 fully saturated rings. The Balaban J connectivity index is 2.88. The van der Waals surface area contributed by atoms with Crippen molar-refractivity contribution < 1.29 is 19.1 Å². The fourth-order valence-corrected chi connectivity index (χ4v) is 4.28. The van der Waals surface area contributed by atoms with E-state index >= 15 is 0 Å². The number of benzene rings is 1. The zero-order valence-electron chi connectivity index (χ0n) is 22.4. The van der Waals surface area contributed by atoms with Crippen molar-refractivity contribution in [3.8, 4) is 0 Å². The summed E-state index contributed by atoms with van der Waals surface area (Å²) in [6, 6.07) is 6.96. The van der Waals surface area contributed by atoms with Crippen LogP contribution in [0.5, 0.6) is 0 Å².